The van der Waals surface area contributed by atoms with Crippen molar-refractivity contribution in [3.8, 4) is 0 Å². The second kappa shape index (κ2) is 6.72. The lowest BCUT2D eigenvalue weighted by molar-refractivity contribution is 0.583. The number of nitrogens with one attached hydrogen (secondary N) is 3. The van der Waals surface area contributed by atoms with E-state index in [4.69, 9.17) is 0 Å². The van der Waals surface area contributed by atoms with Crippen LogP contribution in [0.5, 0.6) is 0 Å². The number of thiophene rings is 1. The van der Waals surface area contributed by atoms with E-state index in [0.717, 1.165) is 4.88 Å². The van der Waals surface area contributed by atoms with E-state index >= 15 is 0 Å². The molecule has 0 saturated carbocycles. The monoisotopic (exact) mass is 290 g/mol. The molecular weight excluding hydrogens is 272 g/mol. The quantitative estimate of drug-likeness (QED) is 0.409. The van der Waals surface area contributed by atoms with Gasteiger partial charge in [0.05, 0.1) is 0 Å². The minimum absolute atomic E-state index is 0.306. The fourth-order valence-electron chi connectivity index (χ4n) is 1.27. The van der Waals surface area contributed by atoms with Crippen LogP contribution < -0.4 is 15.4 Å². The summed E-state index contributed by atoms with van der Waals surface area (Å²) in [6, 6.07) is 3.41. The highest BCUT2D eigenvalue weighted by Crippen LogP contribution is 2.19. The van der Waals surface area contributed by atoms with Gasteiger partial charge < -0.3 is 10.6 Å². The summed E-state index contributed by atoms with van der Waals surface area (Å²) in [5, 5.41) is 5.81. The molecule has 0 bridgehead atoms. The first kappa shape index (κ1) is 14.9. The first-order chi connectivity index (χ1) is 8.49. The topological polar surface area (TPSA) is 82.6 Å². The maximum atomic E-state index is 11.9. The van der Waals surface area contributed by atoms with Gasteiger partial charge >= 0.3 is 0 Å². The molecular formula is C10H18N4O2S2. The molecule has 0 atom stereocenters. The fraction of sp³-hybridized carbons (Fsp3) is 0.500. The van der Waals surface area contributed by atoms with Gasteiger partial charge in [0.25, 0.3) is 0 Å². The number of aryl methyl sites for hydroxylation is 1. The molecule has 0 aliphatic carbocycles. The summed E-state index contributed by atoms with van der Waals surface area (Å²) in [6.07, 6.45) is 0. The molecule has 1 aromatic heterocycles. The van der Waals surface area contributed by atoms with Crippen LogP contribution in [0.3, 0.4) is 0 Å². The highest BCUT2D eigenvalue weighted by Gasteiger charge is 2.14. The molecule has 1 rings (SSSR count). The van der Waals surface area contributed by atoms with E-state index in [0.29, 0.717) is 23.3 Å². The Labute approximate surface area is 112 Å². The van der Waals surface area contributed by atoms with Crippen LogP contribution in [0.15, 0.2) is 21.3 Å². The minimum atomic E-state index is -3.38. The summed E-state index contributed by atoms with van der Waals surface area (Å²) in [5.74, 6) is 0.626. The van der Waals surface area contributed by atoms with Crippen molar-refractivity contribution >= 4 is 27.3 Å². The summed E-state index contributed by atoms with van der Waals surface area (Å²) in [6.45, 7) is 2.65. The summed E-state index contributed by atoms with van der Waals surface area (Å²) in [5.41, 5.74) is 0. The van der Waals surface area contributed by atoms with Crippen LogP contribution in [0.2, 0.25) is 0 Å². The Morgan fingerprint density at radius 1 is 1.39 bits per heavy atom. The van der Waals surface area contributed by atoms with Crippen LogP contribution >= 0.6 is 11.3 Å². The molecule has 0 aliphatic heterocycles. The third kappa shape index (κ3) is 4.28. The fourth-order valence-corrected chi connectivity index (χ4v) is 3.63. The Balaban J connectivity index is 2.44. The number of hydrogen-bond acceptors (Lipinski definition) is 4. The average molecular weight is 290 g/mol. The van der Waals surface area contributed by atoms with Crippen LogP contribution in [0.1, 0.15) is 4.88 Å². The maximum absolute atomic E-state index is 11.9. The molecule has 6 nitrogen and oxygen atoms in total. The van der Waals surface area contributed by atoms with Gasteiger partial charge in [-0.1, -0.05) is 0 Å². The van der Waals surface area contributed by atoms with E-state index < -0.39 is 10.0 Å². The van der Waals surface area contributed by atoms with Gasteiger partial charge in [0.15, 0.2) is 5.96 Å². The standard InChI is InChI=1S/C10H18N4O2S2/c1-8-4-5-9(17-8)18(15,16)14-7-6-13-10(11-2)12-3/h4-5,14H,6-7H2,1-3H3,(H2,11,12,13). The van der Waals surface area contributed by atoms with Crippen LogP contribution in [-0.2, 0) is 10.0 Å². The number of rotatable bonds is 5. The highest BCUT2D eigenvalue weighted by atomic mass is 32.2. The number of guanidine groups is 1. The van der Waals surface area contributed by atoms with E-state index in [2.05, 4.69) is 20.3 Å². The predicted molar refractivity (Wildman–Crippen MR) is 74.7 cm³/mol. The van der Waals surface area contributed by atoms with Gasteiger partial charge in [-0.2, -0.15) is 0 Å². The van der Waals surface area contributed by atoms with Gasteiger partial charge in [-0.15, -0.1) is 11.3 Å². The van der Waals surface area contributed by atoms with Gasteiger partial charge in [-0.25, -0.2) is 13.1 Å². The molecule has 102 valence electrons. The largest absolute Gasteiger partial charge is 0.359 e. The molecule has 1 aromatic rings. The maximum Gasteiger partial charge on any atom is 0.250 e. The summed E-state index contributed by atoms with van der Waals surface area (Å²) in [4.78, 5) is 4.90. The summed E-state index contributed by atoms with van der Waals surface area (Å²) < 4.78 is 26.6. The van der Waals surface area contributed by atoms with E-state index in [-0.39, 0.29) is 0 Å². The molecule has 0 spiro atoms. The normalized spacial score (nSPS) is 12.5. The zero-order valence-corrected chi connectivity index (χ0v) is 12.3. The van der Waals surface area contributed by atoms with Crippen LogP contribution in [0.4, 0.5) is 0 Å². The Bertz CT molecular complexity index is 508. The first-order valence-corrected chi connectivity index (χ1v) is 7.74. The second-order valence-electron chi connectivity index (χ2n) is 3.51. The smallest absolute Gasteiger partial charge is 0.250 e. The number of nitrogens with zero attached hydrogens (tertiary/aromatic N) is 1. The second-order valence-corrected chi connectivity index (χ2v) is 6.79. The van der Waals surface area contributed by atoms with Crippen LogP contribution in [0, 0.1) is 6.92 Å². The summed E-state index contributed by atoms with van der Waals surface area (Å²) in [7, 11) is 0.0116. The Morgan fingerprint density at radius 2 is 2.11 bits per heavy atom. The molecule has 0 amide bonds. The van der Waals surface area contributed by atoms with Crippen molar-refractivity contribution in [1.82, 2.24) is 15.4 Å². The van der Waals surface area contributed by atoms with Crippen molar-refractivity contribution in [3.63, 3.8) is 0 Å². The van der Waals surface area contributed by atoms with Gasteiger partial charge in [0.1, 0.15) is 4.21 Å². The molecule has 3 N–H and O–H groups in total. The van der Waals surface area contributed by atoms with Crippen LogP contribution in [-0.4, -0.2) is 41.6 Å². The van der Waals surface area contributed by atoms with E-state index in [1.165, 1.54) is 11.3 Å². The van der Waals surface area contributed by atoms with Crippen molar-refractivity contribution in [3.05, 3.63) is 17.0 Å². The number of aliphatic imine (C=N–C) groups is 1. The molecule has 18 heavy (non-hydrogen) atoms. The number of sulfonamides is 1. The molecule has 0 aromatic carbocycles. The SMILES string of the molecule is CN=C(NC)NCCNS(=O)(=O)c1ccc(C)s1. The predicted octanol–water partition coefficient (Wildman–Crippen LogP) is 0.130. The van der Waals surface area contributed by atoms with E-state index in [9.17, 15) is 8.42 Å². The third-order valence-corrected chi connectivity index (χ3v) is 5.10. The lowest BCUT2D eigenvalue weighted by Crippen LogP contribution is -2.39. The molecule has 0 aliphatic rings. The number of hydrogen-bond donors (Lipinski definition) is 3. The van der Waals surface area contributed by atoms with Gasteiger partial charge in [0.2, 0.25) is 10.0 Å². The van der Waals surface area contributed by atoms with Crippen molar-refractivity contribution in [1.29, 1.82) is 0 Å². The first-order valence-electron chi connectivity index (χ1n) is 5.44. The Morgan fingerprint density at radius 3 is 2.61 bits per heavy atom. The minimum Gasteiger partial charge on any atom is -0.359 e. The average Bonchev–Trinajstić information content (AvgIpc) is 2.77. The third-order valence-electron chi connectivity index (χ3n) is 2.15. The molecule has 0 radical (unpaired) electrons. The van der Waals surface area contributed by atoms with E-state index in [1.807, 2.05) is 6.92 Å². The lowest BCUT2D eigenvalue weighted by atomic mass is 10.5. The molecule has 0 unspecified atom stereocenters. The Kier molecular flexibility index (Phi) is 5.57. The molecule has 1 heterocycles. The van der Waals surface area contributed by atoms with Crippen molar-refractivity contribution in [2.24, 2.45) is 4.99 Å². The molecule has 0 saturated heterocycles. The molecule has 8 heteroatoms. The van der Waals surface area contributed by atoms with Crippen molar-refractivity contribution in [2.45, 2.75) is 11.1 Å². The Hall–Kier alpha value is -1.12. The van der Waals surface area contributed by atoms with Gasteiger partial charge in [-0.3, -0.25) is 4.99 Å². The summed E-state index contributed by atoms with van der Waals surface area (Å²) >= 11 is 1.26. The zero-order chi connectivity index (χ0) is 13.6. The van der Waals surface area contributed by atoms with Gasteiger partial charge in [-0.05, 0) is 19.1 Å². The van der Waals surface area contributed by atoms with Gasteiger partial charge in [0, 0.05) is 32.1 Å². The highest BCUT2D eigenvalue weighted by molar-refractivity contribution is 7.91. The van der Waals surface area contributed by atoms with E-state index in [1.54, 1.807) is 26.2 Å². The van der Waals surface area contributed by atoms with Crippen LogP contribution in [0.25, 0.3) is 0 Å². The lowest BCUT2D eigenvalue weighted by Gasteiger charge is -2.09. The molecule has 0 fully saturated rings. The zero-order valence-electron chi connectivity index (χ0n) is 10.6. The van der Waals surface area contributed by atoms with Crippen molar-refractivity contribution < 1.29 is 8.42 Å². The van der Waals surface area contributed by atoms with Crippen molar-refractivity contribution in [2.75, 3.05) is 27.2 Å².